The van der Waals surface area contributed by atoms with Crippen molar-refractivity contribution >= 4 is 60.3 Å². The Morgan fingerprint density at radius 3 is 1.97 bits per heavy atom. The number of hydrogen-bond donors (Lipinski definition) is 0. The number of rotatable bonds is 15. The van der Waals surface area contributed by atoms with Crippen LogP contribution in [0.25, 0.3) is 0 Å². The fraction of sp³-hybridized carbons (Fsp3) is 0.575. The van der Waals surface area contributed by atoms with Crippen molar-refractivity contribution in [3.63, 3.8) is 0 Å². The highest BCUT2D eigenvalue weighted by Crippen LogP contribution is 2.40. The van der Waals surface area contributed by atoms with Gasteiger partial charge in [0, 0.05) is 52.8 Å². The summed E-state index contributed by atoms with van der Waals surface area (Å²) >= 11 is 6.90. The summed E-state index contributed by atoms with van der Waals surface area (Å²) in [5.41, 5.74) is 0.668. The standard InChI is InChI=1S/C40H52O16S2Si/c1-22(41)47-20-29-31(33(49-23(2)42)35(50-24(3)43)38(52-29)46-18-19-59(6,7)8)55-39-36(51-25(4)44)34(56-40(57)58-28-12-10-9-11-13-28)32-30(53-39)21-48-37(54-32)26-14-16-27(45-5)17-15-26/h9-17,29-39H,18-21H2,1-8H3/t29-,30-,31-,32+,33+,34+,35-,36-,37+,38-,39+/m1/s1. The van der Waals surface area contributed by atoms with Crippen LogP contribution >= 0.6 is 24.0 Å². The molecule has 0 unspecified atom stereocenters. The van der Waals surface area contributed by atoms with E-state index in [4.69, 9.17) is 69.1 Å². The highest BCUT2D eigenvalue weighted by atomic mass is 32.2. The molecule has 0 N–H and O–H groups in total. The van der Waals surface area contributed by atoms with Gasteiger partial charge in [0.05, 0.1) is 13.7 Å². The van der Waals surface area contributed by atoms with Crippen molar-refractivity contribution in [3.8, 4) is 5.75 Å². The van der Waals surface area contributed by atoms with Crippen LogP contribution in [0.4, 0.5) is 0 Å². The Morgan fingerprint density at radius 1 is 0.746 bits per heavy atom. The van der Waals surface area contributed by atoms with E-state index in [-0.39, 0.29) is 17.6 Å². The predicted molar refractivity (Wildman–Crippen MR) is 216 cm³/mol. The molecule has 11 atom stereocenters. The molecule has 59 heavy (non-hydrogen) atoms. The normalized spacial score (nSPS) is 29.3. The molecule has 19 heteroatoms. The molecule has 0 amide bonds. The van der Waals surface area contributed by atoms with Crippen LogP contribution < -0.4 is 4.74 Å². The summed E-state index contributed by atoms with van der Waals surface area (Å²) in [6, 6.07) is 17.1. The quantitative estimate of drug-likeness (QED) is 0.0756. The first kappa shape index (κ1) is 46.4. The second kappa shape index (κ2) is 21.2. The lowest BCUT2D eigenvalue weighted by atomic mass is 9.95. The van der Waals surface area contributed by atoms with Crippen molar-refractivity contribution in [2.45, 2.75) is 126 Å². The van der Waals surface area contributed by atoms with Crippen LogP contribution in [0.3, 0.4) is 0 Å². The summed E-state index contributed by atoms with van der Waals surface area (Å²) in [5, 5.41) is 0. The highest BCUT2D eigenvalue weighted by molar-refractivity contribution is 8.22. The van der Waals surface area contributed by atoms with Gasteiger partial charge < -0.3 is 56.8 Å². The first-order valence-electron chi connectivity index (χ1n) is 19.1. The van der Waals surface area contributed by atoms with Crippen LogP contribution in [0.15, 0.2) is 59.5 Å². The number of ether oxygens (including phenoxy) is 12. The van der Waals surface area contributed by atoms with E-state index in [1.807, 2.05) is 30.3 Å². The summed E-state index contributed by atoms with van der Waals surface area (Å²) in [6.45, 7) is 11.1. The van der Waals surface area contributed by atoms with Gasteiger partial charge in [-0.1, -0.05) is 50.0 Å². The number of esters is 4. The van der Waals surface area contributed by atoms with E-state index in [1.54, 1.807) is 31.4 Å². The van der Waals surface area contributed by atoms with Crippen molar-refractivity contribution in [1.29, 1.82) is 0 Å². The lowest BCUT2D eigenvalue weighted by molar-refractivity contribution is -0.384. The third kappa shape index (κ3) is 13.4. The maximum Gasteiger partial charge on any atom is 0.303 e. The second-order valence-electron chi connectivity index (χ2n) is 15.2. The number of carbonyl (C=O) groups is 4. The molecular weight excluding hydrogens is 829 g/mol. The van der Waals surface area contributed by atoms with E-state index in [1.165, 1.54) is 39.5 Å². The lowest BCUT2D eigenvalue weighted by Gasteiger charge is -2.50. The summed E-state index contributed by atoms with van der Waals surface area (Å²) in [5.74, 6) is -2.19. The Bertz CT molecular complexity index is 1740. The number of hydrogen-bond acceptors (Lipinski definition) is 18. The molecule has 324 valence electrons. The van der Waals surface area contributed by atoms with Gasteiger partial charge in [0.2, 0.25) is 4.38 Å². The van der Waals surface area contributed by atoms with Crippen molar-refractivity contribution < 1.29 is 76.0 Å². The van der Waals surface area contributed by atoms with Gasteiger partial charge in [-0.2, -0.15) is 0 Å². The zero-order chi connectivity index (χ0) is 42.9. The molecule has 3 fully saturated rings. The Morgan fingerprint density at radius 2 is 1.37 bits per heavy atom. The van der Waals surface area contributed by atoms with Gasteiger partial charge in [0.15, 0.2) is 43.3 Å². The minimum absolute atomic E-state index is 0.0407. The van der Waals surface area contributed by atoms with E-state index in [2.05, 4.69) is 19.6 Å². The monoisotopic (exact) mass is 880 g/mol. The summed E-state index contributed by atoms with van der Waals surface area (Å²) in [6.07, 6.45) is -13.4. The second-order valence-corrected chi connectivity index (χ2v) is 22.5. The number of thiocarbonyl (C=S) groups is 1. The molecule has 5 rings (SSSR count). The van der Waals surface area contributed by atoms with E-state index in [9.17, 15) is 19.2 Å². The van der Waals surface area contributed by atoms with E-state index < -0.39 is 106 Å². The zero-order valence-electron chi connectivity index (χ0n) is 34.2. The lowest BCUT2D eigenvalue weighted by Crippen LogP contribution is -2.67. The number of carbonyl (C=O) groups excluding carboxylic acids is 4. The van der Waals surface area contributed by atoms with Crippen LogP contribution in [0, 0.1) is 0 Å². The van der Waals surface area contributed by atoms with Gasteiger partial charge in [-0.05, 0) is 54.3 Å². The van der Waals surface area contributed by atoms with Crippen LogP contribution in [-0.4, -0.2) is 125 Å². The molecule has 3 heterocycles. The molecule has 0 saturated carbocycles. The summed E-state index contributed by atoms with van der Waals surface area (Å²) in [4.78, 5) is 51.1. The topological polar surface area (TPSA) is 179 Å². The molecule has 3 aliphatic heterocycles. The minimum atomic E-state index is -1.61. The van der Waals surface area contributed by atoms with E-state index in [0.29, 0.717) is 11.3 Å². The molecule has 0 aromatic heterocycles. The molecule has 0 bridgehead atoms. The molecule has 0 aliphatic carbocycles. The first-order valence-corrected chi connectivity index (χ1v) is 24.0. The molecular formula is C40H52O16S2Si. The van der Waals surface area contributed by atoms with Crippen molar-refractivity contribution in [2.75, 3.05) is 26.9 Å². The number of fused-ring (bicyclic) bond motifs is 1. The maximum atomic E-state index is 12.9. The number of thioether (sulfide) groups is 1. The average Bonchev–Trinajstić information content (AvgIpc) is 3.16. The van der Waals surface area contributed by atoms with Crippen LogP contribution in [0.1, 0.15) is 39.5 Å². The van der Waals surface area contributed by atoms with Gasteiger partial charge in [-0.15, -0.1) is 0 Å². The van der Waals surface area contributed by atoms with Crippen molar-refractivity contribution in [2.24, 2.45) is 0 Å². The van der Waals surface area contributed by atoms with Gasteiger partial charge in [-0.25, -0.2) is 0 Å². The zero-order valence-corrected chi connectivity index (χ0v) is 36.9. The fourth-order valence-electron chi connectivity index (χ4n) is 6.55. The minimum Gasteiger partial charge on any atom is -0.497 e. The summed E-state index contributed by atoms with van der Waals surface area (Å²) in [7, 11) is -0.0483. The number of benzene rings is 2. The van der Waals surface area contributed by atoms with Gasteiger partial charge >= 0.3 is 23.9 Å². The largest absolute Gasteiger partial charge is 0.497 e. The predicted octanol–water partition coefficient (Wildman–Crippen LogP) is 5.12. The third-order valence-electron chi connectivity index (χ3n) is 9.22. The van der Waals surface area contributed by atoms with Crippen LogP contribution in [0.5, 0.6) is 5.75 Å². The SMILES string of the molecule is COc1ccc([C@H]2OC[C@H]3O[C@@H](O[C@H]4[C@H](OC(C)=O)[C@@H](OC(C)=O)[C@H](OCC[Si](C)(C)C)O[C@@H]4COC(C)=O)[C@H](OC(C)=O)[C@@H](OC(=S)Sc4ccccc4)[C@H]3O2)cc1. The molecule has 2 aromatic rings. The van der Waals surface area contributed by atoms with Gasteiger partial charge in [-0.3, -0.25) is 19.2 Å². The molecule has 3 aliphatic rings. The molecule has 0 radical (unpaired) electrons. The first-order chi connectivity index (χ1) is 28.0. The fourth-order valence-corrected chi connectivity index (χ4v) is 8.32. The average molecular weight is 881 g/mol. The van der Waals surface area contributed by atoms with Gasteiger partial charge in [0.25, 0.3) is 0 Å². The van der Waals surface area contributed by atoms with Gasteiger partial charge in [0.1, 0.15) is 36.8 Å². The molecule has 2 aromatic carbocycles. The Hall–Kier alpha value is -3.66. The number of methoxy groups -OCH3 is 1. The molecule has 0 spiro atoms. The van der Waals surface area contributed by atoms with E-state index >= 15 is 0 Å². The Labute approximate surface area is 354 Å². The molecule has 16 nitrogen and oxygen atoms in total. The van der Waals surface area contributed by atoms with Crippen molar-refractivity contribution in [1.82, 2.24) is 0 Å². The third-order valence-corrected chi connectivity index (χ3v) is 12.0. The Kier molecular flexibility index (Phi) is 16.7. The van der Waals surface area contributed by atoms with E-state index in [0.717, 1.165) is 10.9 Å². The molecule has 3 saturated heterocycles. The van der Waals surface area contributed by atoms with Crippen LogP contribution in [0.2, 0.25) is 25.7 Å². The van der Waals surface area contributed by atoms with Crippen LogP contribution in [-0.2, 0) is 71.3 Å². The van der Waals surface area contributed by atoms with Crippen molar-refractivity contribution in [3.05, 3.63) is 60.2 Å². The smallest absolute Gasteiger partial charge is 0.303 e. The maximum absolute atomic E-state index is 12.9. The Balaban J connectivity index is 1.53. The highest BCUT2D eigenvalue weighted by Gasteiger charge is 2.58. The summed E-state index contributed by atoms with van der Waals surface area (Å²) < 4.78 is 73.0.